The Balaban J connectivity index is 3.01. The minimum absolute atomic E-state index is 0.238. The van der Waals surface area contributed by atoms with Gasteiger partial charge in [0.2, 0.25) is 0 Å². The molecule has 2 nitrogen and oxygen atoms in total. The highest BCUT2D eigenvalue weighted by molar-refractivity contribution is 14.1. The van der Waals surface area contributed by atoms with Crippen molar-refractivity contribution < 1.29 is 4.39 Å². The molecule has 72 valence electrons. The molecule has 0 aliphatic carbocycles. The van der Waals surface area contributed by atoms with Gasteiger partial charge in [-0.2, -0.15) is 0 Å². The van der Waals surface area contributed by atoms with Crippen molar-refractivity contribution in [3.8, 4) is 0 Å². The maximum Gasteiger partial charge on any atom is 0.138 e. The van der Waals surface area contributed by atoms with Gasteiger partial charge in [0.1, 0.15) is 5.82 Å². The molecule has 0 aliphatic rings. The highest BCUT2D eigenvalue weighted by Gasteiger charge is 2.06. The number of anilines is 2. The summed E-state index contributed by atoms with van der Waals surface area (Å²) in [4.78, 5) is 0. The van der Waals surface area contributed by atoms with Crippen molar-refractivity contribution in [2.45, 2.75) is 19.9 Å². The quantitative estimate of drug-likeness (QED) is 0.650. The second-order valence-corrected chi connectivity index (χ2v) is 4.31. The zero-order valence-corrected chi connectivity index (χ0v) is 9.72. The van der Waals surface area contributed by atoms with Crippen molar-refractivity contribution in [2.75, 3.05) is 11.1 Å². The van der Waals surface area contributed by atoms with Crippen LogP contribution >= 0.6 is 22.6 Å². The molecule has 0 aromatic heterocycles. The van der Waals surface area contributed by atoms with Crippen LogP contribution in [0.2, 0.25) is 0 Å². The van der Waals surface area contributed by atoms with Gasteiger partial charge < -0.3 is 11.1 Å². The van der Waals surface area contributed by atoms with Gasteiger partial charge in [-0.1, -0.05) is 0 Å². The predicted molar refractivity (Wildman–Crippen MR) is 62.3 cm³/mol. The molecule has 13 heavy (non-hydrogen) atoms. The molecule has 1 aromatic rings. The second-order valence-electron chi connectivity index (χ2n) is 3.15. The van der Waals surface area contributed by atoms with Crippen LogP contribution in [-0.4, -0.2) is 6.04 Å². The summed E-state index contributed by atoms with van der Waals surface area (Å²) in [5.74, 6) is -0.238. The second kappa shape index (κ2) is 4.13. The first-order valence-electron chi connectivity index (χ1n) is 4.01. The van der Waals surface area contributed by atoms with Crippen molar-refractivity contribution in [1.82, 2.24) is 0 Å². The van der Waals surface area contributed by atoms with Crippen molar-refractivity contribution in [1.29, 1.82) is 0 Å². The monoisotopic (exact) mass is 294 g/mol. The average molecular weight is 294 g/mol. The Morgan fingerprint density at radius 1 is 1.46 bits per heavy atom. The minimum atomic E-state index is -0.238. The minimum Gasteiger partial charge on any atom is -0.397 e. The van der Waals surface area contributed by atoms with Gasteiger partial charge in [-0.25, -0.2) is 4.39 Å². The van der Waals surface area contributed by atoms with Crippen molar-refractivity contribution in [2.24, 2.45) is 0 Å². The van der Waals surface area contributed by atoms with Crippen molar-refractivity contribution in [3.05, 3.63) is 21.5 Å². The molecular weight excluding hydrogens is 282 g/mol. The first-order chi connectivity index (χ1) is 6.00. The number of benzene rings is 1. The third-order valence-corrected chi connectivity index (χ3v) is 2.36. The summed E-state index contributed by atoms with van der Waals surface area (Å²) in [7, 11) is 0. The van der Waals surface area contributed by atoms with Gasteiger partial charge in [0, 0.05) is 12.1 Å². The lowest BCUT2D eigenvalue weighted by molar-refractivity contribution is 0.621. The Bertz CT molecular complexity index is 313. The smallest absolute Gasteiger partial charge is 0.138 e. The van der Waals surface area contributed by atoms with Crippen molar-refractivity contribution in [3.63, 3.8) is 0 Å². The number of nitrogens with two attached hydrogens (primary N) is 1. The molecule has 0 aliphatic heterocycles. The van der Waals surface area contributed by atoms with E-state index >= 15 is 0 Å². The van der Waals surface area contributed by atoms with Crippen LogP contribution in [-0.2, 0) is 0 Å². The van der Waals surface area contributed by atoms with Crippen LogP contribution in [0.15, 0.2) is 12.1 Å². The predicted octanol–water partition coefficient (Wildman–Crippen LogP) is 2.83. The number of halogens is 2. The van der Waals surface area contributed by atoms with E-state index in [4.69, 9.17) is 5.73 Å². The molecule has 0 saturated carbocycles. The first kappa shape index (κ1) is 10.6. The van der Waals surface area contributed by atoms with E-state index in [9.17, 15) is 4.39 Å². The Morgan fingerprint density at radius 3 is 2.62 bits per heavy atom. The van der Waals surface area contributed by atoms with Gasteiger partial charge >= 0.3 is 0 Å². The van der Waals surface area contributed by atoms with Crippen LogP contribution in [0.5, 0.6) is 0 Å². The van der Waals surface area contributed by atoms with Gasteiger partial charge in [-0.3, -0.25) is 0 Å². The fourth-order valence-electron chi connectivity index (χ4n) is 0.998. The standard InChI is InChI=1S/C9H12FIN2/c1-5(2)13-9-3-6(10)7(11)4-8(9)12/h3-5,13H,12H2,1-2H3. The Morgan fingerprint density at radius 2 is 2.08 bits per heavy atom. The molecule has 0 atom stereocenters. The number of hydrogen-bond acceptors (Lipinski definition) is 2. The van der Waals surface area contributed by atoms with Crippen LogP contribution in [0.1, 0.15) is 13.8 Å². The lowest BCUT2D eigenvalue weighted by atomic mass is 10.2. The van der Waals surface area contributed by atoms with E-state index in [-0.39, 0.29) is 11.9 Å². The third kappa shape index (κ3) is 2.72. The molecule has 0 amide bonds. The van der Waals surface area contributed by atoms with E-state index in [0.717, 1.165) is 0 Å². The fraction of sp³-hybridized carbons (Fsp3) is 0.333. The molecule has 3 N–H and O–H groups in total. The van der Waals surface area contributed by atoms with Gasteiger partial charge in [0.15, 0.2) is 0 Å². The van der Waals surface area contributed by atoms with E-state index < -0.39 is 0 Å². The average Bonchev–Trinajstić information content (AvgIpc) is 1.99. The first-order valence-corrected chi connectivity index (χ1v) is 5.09. The van der Waals surface area contributed by atoms with E-state index in [1.165, 1.54) is 6.07 Å². The highest BCUT2D eigenvalue weighted by Crippen LogP contribution is 2.24. The van der Waals surface area contributed by atoms with E-state index in [1.807, 2.05) is 36.4 Å². The Kier molecular flexibility index (Phi) is 3.35. The molecule has 1 aromatic carbocycles. The van der Waals surface area contributed by atoms with Crippen molar-refractivity contribution >= 4 is 34.0 Å². The largest absolute Gasteiger partial charge is 0.397 e. The summed E-state index contributed by atoms with van der Waals surface area (Å²) in [5.41, 5.74) is 6.95. The molecule has 0 fully saturated rings. The van der Waals surface area contributed by atoms with Crippen LogP contribution in [0.3, 0.4) is 0 Å². The summed E-state index contributed by atoms with van der Waals surface area (Å²) in [6.07, 6.45) is 0. The molecule has 0 bridgehead atoms. The summed E-state index contributed by atoms with van der Waals surface area (Å²) >= 11 is 1.92. The van der Waals surface area contributed by atoms with Crippen LogP contribution in [0.4, 0.5) is 15.8 Å². The summed E-state index contributed by atoms with van der Waals surface area (Å²) in [6.45, 7) is 3.96. The number of hydrogen-bond donors (Lipinski definition) is 2. The van der Waals surface area contributed by atoms with Gasteiger partial charge in [-0.15, -0.1) is 0 Å². The molecule has 1 rings (SSSR count). The van der Waals surface area contributed by atoms with E-state index in [2.05, 4.69) is 5.32 Å². The molecule has 0 unspecified atom stereocenters. The SMILES string of the molecule is CC(C)Nc1cc(F)c(I)cc1N. The molecule has 0 heterocycles. The Hall–Kier alpha value is -0.520. The zero-order chi connectivity index (χ0) is 10.0. The number of rotatable bonds is 2. The zero-order valence-electron chi connectivity index (χ0n) is 7.57. The molecule has 4 heteroatoms. The molecule has 0 radical (unpaired) electrons. The normalized spacial score (nSPS) is 10.5. The number of nitrogens with one attached hydrogen (secondary N) is 1. The maximum absolute atomic E-state index is 13.1. The topological polar surface area (TPSA) is 38.0 Å². The van der Waals surface area contributed by atoms with Crippen LogP contribution in [0, 0.1) is 9.39 Å². The van der Waals surface area contributed by atoms with Gasteiger partial charge in [-0.05, 0) is 42.5 Å². The number of nitrogen functional groups attached to an aromatic ring is 1. The lowest BCUT2D eigenvalue weighted by Crippen LogP contribution is -2.11. The summed E-state index contributed by atoms with van der Waals surface area (Å²) in [5, 5.41) is 3.07. The van der Waals surface area contributed by atoms with Crippen LogP contribution in [0.25, 0.3) is 0 Å². The Labute approximate surface area is 90.8 Å². The molecule has 0 spiro atoms. The third-order valence-electron chi connectivity index (χ3n) is 1.54. The lowest BCUT2D eigenvalue weighted by Gasteiger charge is -2.12. The molecular formula is C9H12FIN2. The van der Waals surface area contributed by atoms with Gasteiger partial charge in [0.25, 0.3) is 0 Å². The van der Waals surface area contributed by atoms with Crippen LogP contribution < -0.4 is 11.1 Å². The van der Waals surface area contributed by atoms with E-state index in [1.54, 1.807) is 6.07 Å². The maximum atomic E-state index is 13.1. The summed E-state index contributed by atoms with van der Waals surface area (Å²) in [6, 6.07) is 3.30. The van der Waals surface area contributed by atoms with E-state index in [0.29, 0.717) is 14.9 Å². The van der Waals surface area contributed by atoms with Gasteiger partial charge in [0.05, 0.1) is 14.9 Å². The fourth-order valence-corrected chi connectivity index (χ4v) is 1.49. The summed E-state index contributed by atoms with van der Waals surface area (Å²) < 4.78 is 13.7. The highest BCUT2D eigenvalue weighted by atomic mass is 127. The molecule has 0 saturated heterocycles.